The Balaban J connectivity index is 1.58. The van der Waals surface area contributed by atoms with Crippen LogP contribution < -0.4 is 0 Å². The molecule has 0 atom stereocenters. The number of likely N-dealkylation sites (tertiary alicyclic amines) is 1. The summed E-state index contributed by atoms with van der Waals surface area (Å²) in [5.74, 6) is 0.756. The van der Waals surface area contributed by atoms with Crippen molar-refractivity contribution in [2.75, 3.05) is 13.1 Å². The van der Waals surface area contributed by atoms with Crippen molar-refractivity contribution >= 4 is 21.8 Å². The van der Waals surface area contributed by atoms with Crippen LogP contribution in [0.15, 0.2) is 47.5 Å². The van der Waals surface area contributed by atoms with Crippen molar-refractivity contribution in [3.05, 3.63) is 53.0 Å². The van der Waals surface area contributed by atoms with Gasteiger partial charge in [0.05, 0.1) is 11.9 Å². The molecule has 110 valence electrons. The molecule has 2 aromatic rings. The van der Waals surface area contributed by atoms with E-state index in [0.717, 1.165) is 42.5 Å². The summed E-state index contributed by atoms with van der Waals surface area (Å²) in [6.45, 7) is 2.66. The number of amides is 1. The van der Waals surface area contributed by atoms with Crippen molar-refractivity contribution in [2.24, 2.45) is 5.92 Å². The van der Waals surface area contributed by atoms with E-state index in [0.29, 0.717) is 5.92 Å². The van der Waals surface area contributed by atoms with Crippen molar-refractivity contribution in [3.8, 4) is 0 Å². The van der Waals surface area contributed by atoms with Crippen LogP contribution in [0.25, 0.3) is 0 Å². The number of imidazole rings is 1. The highest BCUT2D eigenvalue weighted by atomic mass is 79.9. The number of piperidine rings is 1. The molecule has 1 aliphatic heterocycles. The smallest absolute Gasteiger partial charge is 0.254 e. The third kappa shape index (κ3) is 3.35. The minimum absolute atomic E-state index is 0.128. The Bertz CT molecular complexity index is 604. The molecule has 0 radical (unpaired) electrons. The molecule has 0 bridgehead atoms. The molecule has 0 unspecified atom stereocenters. The highest BCUT2D eigenvalue weighted by Gasteiger charge is 2.24. The van der Waals surface area contributed by atoms with Crippen LogP contribution in [0.4, 0.5) is 0 Å². The molecule has 3 rings (SSSR count). The first-order valence-electron chi connectivity index (χ1n) is 7.23. The van der Waals surface area contributed by atoms with E-state index in [9.17, 15) is 4.79 Å². The summed E-state index contributed by atoms with van der Waals surface area (Å²) >= 11 is 3.46. The lowest BCUT2D eigenvalue weighted by atomic mass is 9.96. The van der Waals surface area contributed by atoms with E-state index in [2.05, 4.69) is 25.5 Å². The second-order valence-corrected chi connectivity index (χ2v) is 6.33. The van der Waals surface area contributed by atoms with Crippen molar-refractivity contribution in [3.63, 3.8) is 0 Å². The average Bonchev–Trinajstić information content (AvgIpc) is 3.01. The number of carbonyl (C=O) groups is 1. The van der Waals surface area contributed by atoms with Gasteiger partial charge >= 0.3 is 0 Å². The minimum Gasteiger partial charge on any atom is -0.339 e. The molecule has 1 amide bonds. The standard InChI is InChI=1S/C16H18BrN3O/c17-15-4-2-1-3-14(15)16(21)20-8-5-13(6-9-20)11-19-10-7-18-12-19/h1-4,7,10,12-13H,5-6,8-9,11H2. The lowest BCUT2D eigenvalue weighted by Gasteiger charge is -2.32. The Morgan fingerprint density at radius 2 is 2.05 bits per heavy atom. The molecule has 1 fully saturated rings. The van der Waals surface area contributed by atoms with Crippen LogP contribution in [-0.4, -0.2) is 33.4 Å². The average molecular weight is 348 g/mol. The maximum atomic E-state index is 12.5. The van der Waals surface area contributed by atoms with Gasteiger partial charge in [0.2, 0.25) is 0 Å². The Morgan fingerprint density at radius 3 is 2.71 bits per heavy atom. The van der Waals surface area contributed by atoms with Crippen LogP contribution in [0.3, 0.4) is 0 Å². The zero-order chi connectivity index (χ0) is 14.7. The molecule has 5 heteroatoms. The maximum absolute atomic E-state index is 12.5. The maximum Gasteiger partial charge on any atom is 0.254 e. The molecule has 1 aromatic carbocycles. The van der Waals surface area contributed by atoms with Gasteiger partial charge in [-0.2, -0.15) is 0 Å². The minimum atomic E-state index is 0.128. The van der Waals surface area contributed by atoms with Crippen molar-refractivity contribution in [1.82, 2.24) is 14.5 Å². The van der Waals surface area contributed by atoms with Crippen LogP contribution in [-0.2, 0) is 6.54 Å². The van der Waals surface area contributed by atoms with Crippen LogP contribution in [0.1, 0.15) is 23.2 Å². The summed E-state index contributed by atoms with van der Waals surface area (Å²) in [4.78, 5) is 18.6. The van der Waals surface area contributed by atoms with Gasteiger partial charge in [-0.05, 0) is 46.8 Å². The monoisotopic (exact) mass is 347 g/mol. The molecule has 0 spiro atoms. The third-order valence-electron chi connectivity index (χ3n) is 4.03. The number of hydrogen-bond donors (Lipinski definition) is 0. The zero-order valence-corrected chi connectivity index (χ0v) is 13.4. The summed E-state index contributed by atoms with van der Waals surface area (Å²) in [5.41, 5.74) is 0.755. The lowest BCUT2D eigenvalue weighted by molar-refractivity contribution is 0.0682. The number of halogens is 1. The molecular formula is C16H18BrN3O. The van der Waals surface area contributed by atoms with E-state index < -0.39 is 0 Å². The number of aromatic nitrogens is 2. The first-order chi connectivity index (χ1) is 10.2. The van der Waals surface area contributed by atoms with Crippen LogP contribution in [0, 0.1) is 5.92 Å². The molecule has 1 aromatic heterocycles. The van der Waals surface area contributed by atoms with Gasteiger partial charge in [0.25, 0.3) is 5.91 Å². The van der Waals surface area contributed by atoms with E-state index in [-0.39, 0.29) is 5.91 Å². The van der Waals surface area contributed by atoms with Gasteiger partial charge in [-0.1, -0.05) is 12.1 Å². The van der Waals surface area contributed by atoms with Gasteiger partial charge < -0.3 is 9.47 Å². The predicted molar refractivity (Wildman–Crippen MR) is 85.0 cm³/mol. The van der Waals surface area contributed by atoms with Gasteiger partial charge in [0, 0.05) is 36.5 Å². The van der Waals surface area contributed by atoms with Crippen LogP contribution >= 0.6 is 15.9 Å². The Morgan fingerprint density at radius 1 is 1.29 bits per heavy atom. The van der Waals surface area contributed by atoms with Crippen molar-refractivity contribution < 1.29 is 4.79 Å². The van der Waals surface area contributed by atoms with E-state index in [1.807, 2.05) is 47.9 Å². The molecule has 0 N–H and O–H groups in total. The summed E-state index contributed by atoms with van der Waals surface area (Å²) in [5, 5.41) is 0. The first-order valence-corrected chi connectivity index (χ1v) is 8.03. The Labute approximate surface area is 132 Å². The molecule has 0 saturated carbocycles. The summed E-state index contributed by atoms with van der Waals surface area (Å²) in [7, 11) is 0. The number of rotatable bonds is 3. The second-order valence-electron chi connectivity index (χ2n) is 5.47. The van der Waals surface area contributed by atoms with Gasteiger partial charge in [-0.15, -0.1) is 0 Å². The Hall–Kier alpha value is -1.62. The topological polar surface area (TPSA) is 38.1 Å². The predicted octanol–water partition coefficient (Wildman–Crippen LogP) is 3.20. The SMILES string of the molecule is O=C(c1ccccc1Br)N1CCC(Cn2ccnc2)CC1. The number of benzene rings is 1. The van der Waals surface area contributed by atoms with Crippen molar-refractivity contribution in [1.29, 1.82) is 0 Å². The van der Waals surface area contributed by atoms with Gasteiger partial charge in [0.1, 0.15) is 0 Å². The molecule has 4 nitrogen and oxygen atoms in total. The fourth-order valence-electron chi connectivity index (χ4n) is 2.82. The molecule has 0 aliphatic carbocycles. The lowest BCUT2D eigenvalue weighted by Crippen LogP contribution is -2.39. The zero-order valence-electron chi connectivity index (χ0n) is 11.8. The second kappa shape index (κ2) is 6.43. The molecule has 2 heterocycles. The van der Waals surface area contributed by atoms with Crippen molar-refractivity contribution in [2.45, 2.75) is 19.4 Å². The van der Waals surface area contributed by atoms with Crippen LogP contribution in [0.2, 0.25) is 0 Å². The van der Waals surface area contributed by atoms with E-state index >= 15 is 0 Å². The molecule has 1 aliphatic rings. The summed E-state index contributed by atoms with van der Waals surface area (Å²) < 4.78 is 2.99. The Kier molecular flexibility index (Phi) is 4.39. The fraction of sp³-hybridized carbons (Fsp3) is 0.375. The molecular weight excluding hydrogens is 330 g/mol. The fourth-order valence-corrected chi connectivity index (χ4v) is 3.27. The molecule has 21 heavy (non-hydrogen) atoms. The van der Waals surface area contributed by atoms with Gasteiger partial charge in [0.15, 0.2) is 0 Å². The quantitative estimate of drug-likeness (QED) is 0.854. The van der Waals surface area contributed by atoms with Gasteiger partial charge in [-0.3, -0.25) is 4.79 Å². The summed E-state index contributed by atoms with van der Waals surface area (Å²) in [6.07, 6.45) is 7.77. The van der Waals surface area contributed by atoms with Gasteiger partial charge in [-0.25, -0.2) is 4.98 Å². The number of hydrogen-bond acceptors (Lipinski definition) is 2. The molecule has 1 saturated heterocycles. The number of nitrogens with zero attached hydrogens (tertiary/aromatic N) is 3. The largest absolute Gasteiger partial charge is 0.339 e. The normalized spacial score (nSPS) is 16.1. The highest BCUT2D eigenvalue weighted by molar-refractivity contribution is 9.10. The third-order valence-corrected chi connectivity index (χ3v) is 4.73. The first kappa shape index (κ1) is 14.3. The van der Waals surface area contributed by atoms with E-state index in [1.54, 1.807) is 0 Å². The van der Waals surface area contributed by atoms with Crippen LogP contribution in [0.5, 0.6) is 0 Å². The number of carbonyl (C=O) groups excluding carboxylic acids is 1. The highest BCUT2D eigenvalue weighted by Crippen LogP contribution is 2.23. The van der Waals surface area contributed by atoms with E-state index in [1.165, 1.54) is 0 Å². The summed E-state index contributed by atoms with van der Waals surface area (Å²) in [6, 6.07) is 7.63. The van der Waals surface area contributed by atoms with E-state index in [4.69, 9.17) is 0 Å².